The summed E-state index contributed by atoms with van der Waals surface area (Å²) in [6.45, 7) is 5.28. The number of allylic oxidation sites excluding steroid dienone is 1. The molecule has 2 rings (SSSR count). The first-order valence-electron chi connectivity index (χ1n) is 8.52. The molecule has 0 aliphatic carbocycles. The normalized spacial score (nSPS) is 22.5. The first-order valence-corrected chi connectivity index (χ1v) is 8.52. The van der Waals surface area contributed by atoms with Gasteiger partial charge in [0, 0.05) is 51.6 Å². The monoisotopic (exact) mass is 323 g/mol. The zero-order valence-electron chi connectivity index (χ0n) is 14.0. The Bertz CT molecular complexity index is 419. The minimum Gasteiger partial charge on any atom is -0.344 e. The zero-order valence-corrected chi connectivity index (χ0v) is 14.0. The average Bonchev–Trinajstić information content (AvgIpc) is 2.59. The van der Waals surface area contributed by atoms with Gasteiger partial charge in [-0.05, 0) is 26.0 Å². The molecule has 0 aromatic carbocycles. The Labute approximate surface area is 138 Å². The second kappa shape index (κ2) is 9.64. The number of hydrogen-bond acceptors (Lipinski definition) is 6. The minimum atomic E-state index is -0.298. The fourth-order valence-electron chi connectivity index (χ4n) is 2.97. The van der Waals surface area contributed by atoms with Crippen molar-refractivity contribution in [3.8, 4) is 0 Å². The molecular formula is C16H29N5O2. The van der Waals surface area contributed by atoms with Gasteiger partial charge >= 0.3 is 0 Å². The average molecular weight is 323 g/mol. The Balaban J connectivity index is 1.67. The number of hydrogen-bond donors (Lipinski definition) is 2. The number of hydroxylamine groups is 1. The molecule has 0 bridgehead atoms. The summed E-state index contributed by atoms with van der Waals surface area (Å²) in [6.07, 6.45) is 10.6. The van der Waals surface area contributed by atoms with E-state index in [1.165, 1.54) is 0 Å². The fourth-order valence-corrected chi connectivity index (χ4v) is 2.97. The molecule has 1 amide bonds. The highest BCUT2D eigenvalue weighted by atomic mass is 16.5. The van der Waals surface area contributed by atoms with Crippen LogP contribution in [0.2, 0.25) is 0 Å². The molecule has 2 aliphatic heterocycles. The topological polar surface area (TPSA) is 71.4 Å². The molecule has 0 aromatic heterocycles. The molecule has 2 N–H and O–H groups in total. The number of amides is 1. The summed E-state index contributed by atoms with van der Waals surface area (Å²) >= 11 is 0. The maximum atomic E-state index is 10.9. The van der Waals surface area contributed by atoms with Crippen LogP contribution in [-0.2, 0) is 4.79 Å². The van der Waals surface area contributed by atoms with E-state index in [0.29, 0.717) is 6.42 Å². The van der Waals surface area contributed by atoms with E-state index in [0.717, 1.165) is 58.4 Å². The summed E-state index contributed by atoms with van der Waals surface area (Å²) in [6, 6.07) is 0. The van der Waals surface area contributed by atoms with Crippen molar-refractivity contribution in [2.24, 2.45) is 4.99 Å². The maximum absolute atomic E-state index is 10.9. The van der Waals surface area contributed by atoms with Gasteiger partial charge in [0.15, 0.2) is 6.29 Å². The largest absolute Gasteiger partial charge is 0.344 e. The maximum Gasteiger partial charge on any atom is 0.243 e. The predicted molar refractivity (Wildman–Crippen MR) is 90.2 cm³/mol. The number of aliphatic imine (C=N–C) groups is 1. The van der Waals surface area contributed by atoms with E-state index >= 15 is 0 Å². The number of nitrogens with one attached hydrogen (secondary N) is 1. The van der Waals surface area contributed by atoms with Crippen LogP contribution in [0.25, 0.3) is 0 Å². The van der Waals surface area contributed by atoms with Crippen molar-refractivity contribution in [1.82, 2.24) is 20.2 Å². The van der Waals surface area contributed by atoms with Gasteiger partial charge < -0.3 is 9.80 Å². The molecule has 1 unspecified atom stereocenters. The van der Waals surface area contributed by atoms with E-state index in [9.17, 15) is 4.79 Å². The van der Waals surface area contributed by atoms with Crippen molar-refractivity contribution < 1.29 is 10.0 Å². The first kappa shape index (κ1) is 17.9. The van der Waals surface area contributed by atoms with Gasteiger partial charge in [0.05, 0.1) is 0 Å². The van der Waals surface area contributed by atoms with E-state index in [1.54, 1.807) is 5.48 Å². The summed E-state index contributed by atoms with van der Waals surface area (Å²) in [7, 11) is 2.16. The van der Waals surface area contributed by atoms with Gasteiger partial charge in [-0.25, -0.2) is 5.48 Å². The molecule has 23 heavy (non-hydrogen) atoms. The molecule has 1 atom stereocenters. The molecule has 130 valence electrons. The highest BCUT2D eigenvalue weighted by Gasteiger charge is 2.25. The number of piperazine rings is 1. The Morgan fingerprint density at radius 1 is 1.22 bits per heavy atom. The molecule has 2 heterocycles. The third-order valence-electron chi connectivity index (χ3n) is 4.44. The van der Waals surface area contributed by atoms with E-state index in [1.807, 2.05) is 12.3 Å². The van der Waals surface area contributed by atoms with Gasteiger partial charge in [0.1, 0.15) is 0 Å². The van der Waals surface area contributed by atoms with Gasteiger partial charge in [-0.1, -0.05) is 12.8 Å². The predicted octanol–water partition coefficient (Wildman–Crippen LogP) is 0.873. The smallest absolute Gasteiger partial charge is 0.243 e. The number of carbonyl (C=O) groups excluding carboxylic acids is 1. The van der Waals surface area contributed by atoms with Crippen molar-refractivity contribution in [2.45, 2.75) is 38.4 Å². The lowest BCUT2D eigenvalue weighted by atomic mass is 10.1. The van der Waals surface area contributed by atoms with Crippen LogP contribution in [-0.4, -0.2) is 78.1 Å². The van der Waals surface area contributed by atoms with Crippen LogP contribution in [0, 0.1) is 0 Å². The van der Waals surface area contributed by atoms with Gasteiger partial charge in [0.2, 0.25) is 5.91 Å². The van der Waals surface area contributed by atoms with Crippen LogP contribution in [0.5, 0.6) is 0 Å². The summed E-state index contributed by atoms with van der Waals surface area (Å²) < 4.78 is 0. The molecule has 7 nitrogen and oxygen atoms in total. The first-order chi connectivity index (χ1) is 11.2. The van der Waals surface area contributed by atoms with E-state index in [4.69, 9.17) is 5.21 Å². The highest BCUT2D eigenvalue weighted by molar-refractivity contribution is 5.74. The molecule has 0 aromatic rings. The van der Waals surface area contributed by atoms with Crippen molar-refractivity contribution in [1.29, 1.82) is 0 Å². The summed E-state index contributed by atoms with van der Waals surface area (Å²) in [4.78, 5) is 22.7. The molecular weight excluding hydrogens is 294 g/mol. The Morgan fingerprint density at radius 3 is 2.70 bits per heavy atom. The number of likely N-dealkylation sites (N-methyl/N-ethyl adjacent to an activating group) is 1. The summed E-state index contributed by atoms with van der Waals surface area (Å²) in [5.41, 5.74) is 1.67. The fraction of sp³-hybridized carbons (Fsp3) is 0.750. The molecule has 1 saturated heterocycles. The van der Waals surface area contributed by atoms with Crippen LogP contribution in [0.1, 0.15) is 32.1 Å². The minimum absolute atomic E-state index is 0.133. The zero-order chi connectivity index (χ0) is 16.5. The number of carbonyl (C=O) groups is 1. The van der Waals surface area contributed by atoms with Crippen LogP contribution in [0.15, 0.2) is 17.3 Å². The van der Waals surface area contributed by atoms with Crippen molar-refractivity contribution in [3.63, 3.8) is 0 Å². The molecule has 1 fully saturated rings. The summed E-state index contributed by atoms with van der Waals surface area (Å²) in [5.74, 6) is -0.298. The van der Waals surface area contributed by atoms with E-state index < -0.39 is 0 Å². The Morgan fingerprint density at radius 2 is 1.96 bits per heavy atom. The van der Waals surface area contributed by atoms with Gasteiger partial charge in [-0.3, -0.25) is 19.9 Å². The highest BCUT2D eigenvalue weighted by Crippen LogP contribution is 2.15. The van der Waals surface area contributed by atoms with Gasteiger partial charge in [0.25, 0.3) is 0 Å². The second-order valence-electron chi connectivity index (χ2n) is 6.26. The lowest BCUT2D eigenvalue weighted by molar-refractivity contribution is -0.129. The Kier molecular flexibility index (Phi) is 7.51. The van der Waals surface area contributed by atoms with Gasteiger partial charge in [-0.15, -0.1) is 0 Å². The second-order valence-corrected chi connectivity index (χ2v) is 6.26. The van der Waals surface area contributed by atoms with E-state index in [2.05, 4.69) is 32.9 Å². The quantitative estimate of drug-likeness (QED) is 0.394. The van der Waals surface area contributed by atoms with Crippen molar-refractivity contribution in [3.05, 3.63) is 12.3 Å². The van der Waals surface area contributed by atoms with E-state index in [-0.39, 0.29) is 12.2 Å². The third kappa shape index (κ3) is 5.93. The number of unbranched alkanes of at least 4 members (excludes halogenated alkanes) is 3. The number of rotatable bonds is 8. The molecule has 7 heteroatoms. The van der Waals surface area contributed by atoms with Gasteiger partial charge in [-0.2, -0.15) is 0 Å². The van der Waals surface area contributed by atoms with Crippen LogP contribution in [0.4, 0.5) is 0 Å². The SMILES string of the molecule is CN1CCN(C2N=CC=CN2CCCCCCC(=O)NO)CC1. The number of nitrogens with zero attached hydrogens (tertiary/aromatic N) is 4. The summed E-state index contributed by atoms with van der Waals surface area (Å²) in [5, 5.41) is 8.44. The van der Waals surface area contributed by atoms with Crippen LogP contribution in [0.3, 0.4) is 0 Å². The molecule has 0 spiro atoms. The Hall–Kier alpha value is -1.44. The van der Waals surface area contributed by atoms with Crippen molar-refractivity contribution in [2.75, 3.05) is 39.8 Å². The molecule has 0 saturated carbocycles. The standard InChI is InChI=1S/C16H29N5O2/c1-19-11-13-21(14-12-19)16-17-8-6-10-20(16)9-5-3-2-4-7-15(22)18-23/h6,8,10,16,23H,2-5,7,9,11-14H2,1H3,(H,18,22). The third-order valence-corrected chi connectivity index (χ3v) is 4.44. The van der Waals surface area contributed by atoms with Crippen LogP contribution < -0.4 is 5.48 Å². The van der Waals surface area contributed by atoms with Crippen LogP contribution >= 0.6 is 0 Å². The molecule has 0 radical (unpaired) electrons. The lowest BCUT2D eigenvalue weighted by Crippen LogP contribution is -2.54. The molecule has 2 aliphatic rings. The van der Waals surface area contributed by atoms with Crippen molar-refractivity contribution >= 4 is 12.1 Å². The lowest BCUT2D eigenvalue weighted by Gasteiger charge is -2.41.